The van der Waals surface area contributed by atoms with Gasteiger partial charge in [-0.2, -0.15) is 0 Å². The normalized spacial score (nSPS) is 22.1. The zero-order valence-electron chi connectivity index (χ0n) is 10.5. The zero-order valence-corrected chi connectivity index (χ0v) is 10.5. The van der Waals surface area contributed by atoms with Crippen LogP contribution >= 0.6 is 0 Å². The average Bonchev–Trinajstić information content (AvgIpc) is 1.97. The molecule has 1 rings (SSSR count). The van der Waals surface area contributed by atoms with Gasteiger partial charge in [0.1, 0.15) is 0 Å². The molecule has 3 nitrogen and oxygen atoms in total. The molecule has 0 aromatic carbocycles. The third-order valence-electron chi connectivity index (χ3n) is 3.37. The Hall–Kier alpha value is -0.570. The van der Waals surface area contributed by atoms with Gasteiger partial charge in [0.05, 0.1) is 18.7 Å². The predicted molar refractivity (Wildman–Crippen MR) is 60.4 cm³/mol. The predicted octanol–water partition coefficient (Wildman–Crippen LogP) is 1.65. The topological polar surface area (TPSA) is 40.5 Å². The van der Waals surface area contributed by atoms with Gasteiger partial charge in [-0.05, 0) is 18.3 Å². The summed E-state index contributed by atoms with van der Waals surface area (Å²) in [5.74, 6) is 0.541. The average molecular weight is 213 g/mol. The van der Waals surface area contributed by atoms with Crippen LogP contribution in [0.25, 0.3) is 0 Å². The van der Waals surface area contributed by atoms with Gasteiger partial charge in [0.25, 0.3) is 0 Å². The van der Waals surface area contributed by atoms with Gasteiger partial charge in [0.15, 0.2) is 0 Å². The number of hydrogen-bond acceptors (Lipinski definition) is 2. The van der Waals surface area contributed by atoms with Gasteiger partial charge in [-0.15, -0.1) is 0 Å². The SMILES string of the molecule is CC(CC(=O)N1CC(C)(O)C1)C(C)(C)C. The highest BCUT2D eigenvalue weighted by atomic mass is 16.3. The van der Waals surface area contributed by atoms with Crippen LogP contribution in [0.5, 0.6) is 0 Å². The Morgan fingerprint density at radius 2 is 1.93 bits per heavy atom. The summed E-state index contributed by atoms with van der Waals surface area (Å²) in [5.41, 5.74) is -0.482. The minimum absolute atomic E-state index is 0.170. The highest BCUT2D eigenvalue weighted by Gasteiger charge is 2.39. The lowest BCUT2D eigenvalue weighted by atomic mass is 9.79. The minimum Gasteiger partial charge on any atom is -0.386 e. The quantitative estimate of drug-likeness (QED) is 0.757. The van der Waals surface area contributed by atoms with E-state index in [1.807, 2.05) is 0 Å². The van der Waals surface area contributed by atoms with E-state index in [9.17, 15) is 9.90 Å². The van der Waals surface area contributed by atoms with Crippen LogP contribution in [0.3, 0.4) is 0 Å². The molecule has 0 aliphatic carbocycles. The van der Waals surface area contributed by atoms with Gasteiger partial charge in [0, 0.05) is 6.42 Å². The molecule has 88 valence electrons. The van der Waals surface area contributed by atoms with E-state index in [0.29, 0.717) is 25.4 Å². The second-order valence-corrected chi connectivity index (χ2v) is 6.22. The van der Waals surface area contributed by atoms with E-state index in [1.165, 1.54) is 0 Å². The Balaban J connectivity index is 2.38. The lowest BCUT2D eigenvalue weighted by molar-refractivity contribution is -0.153. The zero-order chi connectivity index (χ0) is 11.9. The van der Waals surface area contributed by atoms with Crippen molar-refractivity contribution in [3.05, 3.63) is 0 Å². The van der Waals surface area contributed by atoms with Crippen molar-refractivity contribution >= 4 is 5.91 Å². The summed E-state index contributed by atoms with van der Waals surface area (Å²) in [6.07, 6.45) is 0.583. The molecule has 0 radical (unpaired) electrons. The Labute approximate surface area is 92.5 Å². The van der Waals surface area contributed by atoms with Gasteiger partial charge in [-0.1, -0.05) is 27.7 Å². The molecule has 0 aromatic heterocycles. The standard InChI is InChI=1S/C12H23NO2/c1-9(11(2,3)4)6-10(14)13-7-12(5,15)8-13/h9,15H,6-8H2,1-5H3. The number of aliphatic hydroxyl groups is 1. The minimum atomic E-state index is -0.652. The van der Waals surface area contributed by atoms with Crippen molar-refractivity contribution in [1.82, 2.24) is 4.90 Å². The number of β-amino-alcohol motifs (C(OH)–C–C–N with tert-alkyl or cyclic N) is 1. The molecule has 15 heavy (non-hydrogen) atoms. The van der Waals surface area contributed by atoms with E-state index in [1.54, 1.807) is 11.8 Å². The van der Waals surface area contributed by atoms with Crippen molar-refractivity contribution < 1.29 is 9.90 Å². The number of likely N-dealkylation sites (tertiary alicyclic amines) is 1. The maximum Gasteiger partial charge on any atom is 0.223 e. The summed E-state index contributed by atoms with van der Waals surface area (Å²) < 4.78 is 0. The highest BCUT2D eigenvalue weighted by molar-refractivity contribution is 5.77. The van der Waals surface area contributed by atoms with Crippen LogP contribution in [-0.4, -0.2) is 34.6 Å². The van der Waals surface area contributed by atoms with E-state index >= 15 is 0 Å². The number of rotatable bonds is 2. The number of carbonyl (C=O) groups excluding carboxylic acids is 1. The molecule has 1 fully saturated rings. The molecule has 0 saturated carbocycles. The summed E-state index contributed by atoms with van der Waals surface area (Å²) in [7, 11) is 0. The summed E-state index contributed by atoms with van der Waals surface area (Å²) in [5, 5.41) is 9.53. The summed E-state index contributed by atoms with van der Waals surface area (Å²) in [4.78, 5) is 13.5. The third-order valence-corrected chi connectivity index (χ3v) is 3.37. The van der Waals surface area contributed by atoms with E-state index in [0.717, 1.165) is 0 Å². The van der Waals surface area contributed by atoms with Crippen LogP contribution < -0.4 is 0 Å². The molecule has 1 aliphatic heterocycles. The first-order valence-corrected chi connectivity index (χ1v) is 5.62. The van der Waals surface area contributed by atoms with Crippen molar-refractivity contribution in [3.8, 4) is 0 Å². The van der Waals surface area contributed by atoms with Crippen molar-refractivity contribution in [2.45, 2.75) is 46.6 Å². The molecule has 3 heteroatoms. The second kappa shape index (κ2) is 3.78. The molecule has 1 aliphatic rings. The van der Waals surface area contributed by atoms with Crippen LogP contribution in [0.1, 0.15) is 41.0 Å². The number of nitrogens with zero attached hydrogens (tertiary/aromatic N) is 1. The lowest BCUT2D eigenvalue weighted by Crippen LogP contribution is -2.61. The fourth-order valence-corrected chi connectivity index (χ4v) is 1.65. The largest absolute Gasteiger partial charge is 0.386 e. The van der Waals surface area contributed by atoms with Crippen LogP contribution in [-0.2, 0) is 4.79 Å². The fourth-order valence-electron chi connectivity index (χ4n) is 1.65. The second-order valence-electron chi connectivity index (χ2n) is 6.22. The molecular formula is C12H23NO2. The van der Waals surface area contributed by atoms with Crippen LogP contribution in [0.2, 0.25) is 0 Å². The first-order chi connectivity index (χ1) is 6.62. The number of carbonyl (C=O) groups is 1. The summed E-state index contributed by atoms with van der Waals surface area (Å²) in [6.45, 7) is 11.3. The lowest BCUT2D eigenvalue weighted by Gasteiger charge is -2.45. The summed E-state index contributed by atoms with van der Waals surface area (Å²) in [6, 6.07) is 0. The molecule has 0 bridgehead atoms. The Bertz CT molecular complexity index is 245. The van der Waals surface area contributed by atoms with Gasteiger partial charge in [-0.3, -0.25) is 4.79 Å². The van der Waals surface area contributed by atoms with Gasteiger partial charge in [0.2, 0.25) is 5.91 Å². The Kier molecular flexibility index (Phi) is 3.15. The molecule has 1 heterocycles. The van der Waals surface area contributed by atoms with Gasteiger partial charge in [-0.25, -0.2) is 0 Å². The van der Waals surface area contributed by atoms with E-state index < -0.39 is 5.60 Å². The van der Waals surface area contributed by atoms with Crippen molar-refractivity contribution in [2.24, 2.45) is 11.3 Å². The maximum atomic E-state index is 11.8. The van der Waals surface area contributed by atoms with Crippen molar-refractivity contribution in [2.75, 3.05) is 13.1 Å². The number of amides is 1. The molecule has 1 amide bonds. The molecule has 1 unspecified atom stereocenters. The van der Waals surface area contributed by atoms with E-state index in [-0.39, 0.29) is 11.3 Å². The highest BCUT2D eigenvalue weighted by Crippen LogP contribution is 2.30. The monoisotopic (exact) mass is 213 g/mol. The van der Waals surface area contributed by atoms with Crippen LogP contribution in [0.4, 0.5) is 0 Å². The first-order valence-electron chi connectivity index (χ1n) is 5.62. The van der Waals surface area contributed by atoms with Gasteiger partial charge >= 0.3 is 0 Å². The Morgan fingerprint density at radius 3 is 2.27 bits per heavy atom. The molecule has 0 spiro atoms. The van der Waals surface area contributed by atoms with Crippen LogP contribution in [0, 0.1) is 11.3 Å². The molecule has 1 saturated heterocycles. The van der Waals surface area contributed by atoms with Gasteiger partial charge < -0.3 is 10.0 Å². The molecule has 0 aromatic rings. The van der Waals surface area contributed by atoms with E-state index in [4.69, 9.17) is 0 Å². The smallest absolute Gasteiger partial charge is 0.223 e. The fraction of sp³-hybridized carbons (Fsp3) is 0.917. The van der Waals surface area contributed by atoms with Crippen molar-refractivity contribution in [1.29, 1.82) is 0 Å². The molecular weight excluding hydrogens is 190 g/mol. The molecule has 1 atom stereocenters. The third kappa shape index (κ3) is 3.20. The van der Waals surface area contributed by atoms with Crippen molar-refractivity contribution in [3.63, 3.8) is 0 Å². The number of hydrogen-bond donors (Lipinski definition) is 1. The summed E-state index contributed by atoms with van der Waals surface area (Å²) >= 11 is 0. The Morgan fingerprint density at radius 1 is 1.47 bits per heavy atom. The first kappa shape index (κ1) is 12.5. The maximum absolute atomic E-state index is 11.8. The van der Waals surface area contributed by atoms with Crippen LogP contribution in [0.15, 0.2) is 0 Å². The molecule has 1 N–H and O–H groups in total. The van der Waals surface area contributed by atoms with E-state index in [2.05, 4.69) is 27.7 Å².